The van der Waals surface area contributed by atoms with E-state index in [1.165, 1.54) is 6.07 Å². The molecular formula is C9H8N4O2. The largest absolute Gasteiger partial charge is 0.477 e. The van der Waals surface area contributed by atoms with Crippen molar-refractivity contribution >= 4 is 5.97 Å². The summed E-state index contributed by atoms with van der Waals surface area (Å²) in [5.74, 6) is -1.38. The van der Waals surface area contributed by atoms with Crippen LogP contribution < -0.4 is 0 Å². The van der Waals surface area contributed by atoms with Gasteiger partial charge < -0.3 is 5.11 Å². The van der Waals surface area contributed by atoms with Gasteiger partial charge in [0.1, 0.15) is 7.67 Å². The molecule has 0 spiro atoms. The van der Waals surface area contributed by atoms with Gasteiger partial charge in [-0.3, -0.25) is 4.57 Å². The van der Waals surface area contributed by atoms with Crippen molar-refractivity contribution in [3.05, 3.63) is 36.1 Å². The lowest BCUT2D eigenvalue weighted by Gasteiger charge is -2.02. The maximum absolute atomic E-state index is 10.9. The molecule has 2 heterocycles. The van der Waals surface area contributed by atoms with Gasteiger partial charge in [-0.2, -0.15) is 0 Å². The molecule has 0 unspecified atom stereocenters. The van der Waals surface area contributed by atoms with Crippen LogP contribution in [0.4, 0.5) is 0 Å². The Morgan fingerprint density at radius 2 is 2.40 bits per heavy atom. The van der Waals surface area contributed by atoms with Gasteiger partial charge in [-0.25, -0.2) is 19.7 Å². The molecule has 0 radical (unpaired) electrons. The van der Waals surface area contributed by atoms with E-state index < -0.39 is 5.97 Å². The lowest BCUT2D eigenvalue weighted by Crippen LogP contribution is -2.07. The van der Waals surface area contributed by atoms with Crippen LogP contribution in [0.2, 0.25) is 0 Å². The van der Waals surface area contributed by atoms with Gasteiger partial charge >= 0.3 is 5.97 Å². The highest BCUT2D eigenvalue weighted by Crippen LogP contribution is 2.04. The number of nitrogens with zero attached hydrogens (tertiary/aromatic N) is 4. The second-order valence-corrected chi connectivity index (χ2v) is 2.77. The summed E-state index contributed by atoms with van der Waals surface area (Å²) in [7, 11) is 0. The average molecular weight is 207 g/mol. The van der Waals surface area contributed by atoms with Gasteiger partial charge in [-0.15, -0.1) is 0 Å². The summed E-state index contributed by atoms with van der Waals surface area (Å²) in [6.45, 7) is 1.57. The average Bonchev–Trinajstić information content (AvgIpc) is 2.52. The number of aromatic nitrogens is 4. The predicted molar refractivity (Wildman–Crippen MR) is 50.9 cm³/mol. The van der Waals surface area contributed by atoms with Crippen molar-refractivity contribution in [2.45, 2.75) is 6.92 Å². The van der Waals surface area contributed by atoms with Crippen LogP contribution in [0.3, 0.4) is 0 Å². The fraction of sp³-hybridized carbons (Fsp3) is 0.111. The number of rotatable bonds is 2. The Balaban J connectivity index is 2.67. The first-order valence-electron chi connectivity index (χ1n) is 5.52. The first-order chi connectivity index (χ1) is 8.40. The molecular weight excluding hydrogens is 196 g/mol. The zero-order valence-corrected chi connectivity index (χ0v) is 7.72. The van der Waals surface area contributed by atoms with Gasteiger partial charge in [0.2, 0.25) is 5.95 Å². The number of imidazole rings is 1. The highest BCUT2D eigenvalue weighted by atomic mass is 16.4. The molecule has 2 rings (SSSR count). The molecule has 6 nitrogen and oxygen atoms in total. The predicted octanol–water partition coefficient (Wildman–Crippen LogP) is 0.669. The standard InChI is InChI=1S/C9H8N4O2/c1-6-4-7(8(14)15)12-9(11-6)13-3-2-10-5-13/h2-5H,1H3,(H,14,15)/i2D,3D,5D. The van der Waals surface area contributed by atoms with Gasteiger partial charge in [0.05, 0.1) is 2.74 Å². The van der Waals surface area contributed by atoms with Crippen molar-refractivity contribution in [3.8, 4) is 5.95 Å². The SMILES string of the molecule is [2H]c1nc([2H])n(-c2nc(C)cc(C(=O)O)n2)c1[2H]. The fourth-order valence-electron chi connectivity index (χ4n) is 1.03. The summed E-state index contributed by atoms with van der Waals surface area (Å²) in [5, 5.41) is 8.88. The quantitative estimate of drug-likeness (QED) is 0.782. The zero-order valence-electron chi connectivity index (χ0n) is 10.7. The summed E-state index contributed by atoms with van der Waals surface area (Å²) in [6.07, 6.45) is -1.13. The highest BCUT2D eigenvalue weighted by molar-refractivity contribution is 5.85. The maximum atomic E-state index is 10.9. The molecule has 2 aromatic rings. The molecule has 0 aliphatic heterocycles. The van der Waals surface area contributed by atoms with E-state index in [1.54, 1.807) is 6.92 Å². The van der Waals surface area contributed by atoms with E-state index in [2.05, 4.69) is 15.0 Å². The van der Waals surface area contributed by atoms with Crippen LogP contribution in [0.5, 0.6) is 0 Å². The second-order valence-electron chi connectivity index (χ2n) is 2.77. The van der Waals surface area contributed by atoms with Crippen molar-refractivity contribution in [3.63, 3.8) is 0 Å². The van der Waals surface area contributed by atoms with Gasteiger partial charge in [-0.05, 0) is 13.0 Å². The number of carboxylic acids is 1. The molecule has 1 N–H and O–H groups in total. The third-order valence-electron chi connectivity index (χ3n) is 1.63. The normalized spacial score (nSPS) is 13.0. The Kier molecular flexibility index (Phi) is 1.46. The van der Waals surface area contributed by atoms with E-state index in [-0.39, 0.29) is 30.3 Å². The molecule has 0 saturated heterocycles. The molecule has 0 amide bonds. The molecule has 0 fully saturated rings. The topological polar surface area (TPSA) is 80.9 Å². The molecule has 6 heteroatoms. The summed E-state index contributed by atoms with van der Waals surface area (Å²) >= 11 is 0. The molecule has 15 heavy (non-hydrogen) atoms. The van der Waals surface area contributed by atoms with Crippen molar-refractivity contribution < 1.29 is 14.0 Å². The Hall–Kier alpha value is -2.24. The second kappa shape index (κ2) is 3.49. The summed E-state index contributed by atoms with van der Waals surface area (Å²) < 4.78 is 23.3. The van der Waals surface area contributed by atoms with Gasteiger partial charge in [0.15, 0.2) is 5.69 Å². The number of aromatic carboxylic acids is 1. The maximum Gasteiger partial charge on any atom is 0.354 e. The minimum absolute atomic E-state index is 0.145. The summed E-state index contributed by atoms with van der Waals surface area (Å²) in [6, 6.07) is 1.28. The smallest absolute Gasteiger partial charge is 0.354 e. The van der Waals surface area contributed by atoms with E-state index >= 15 is 0 Å². The van der Waals surface area contributed by atoms with Crippen molar-refractivity contribution in [2.24, 2.45) is 0 Å². The van der Waals surface area contributed by atoms with Crippen LogP contribution in [-0.2, 0) is 0 Å². The van der Waals surface area contributed by atoms with E-state index in [4.69, 9.17) is 9.22 Å². The first kappa shape index (κ1) is 6.28. The molecule has 0 aliphatic rings. The number of carbonyl (C=O) groups is 1. The van der Waals surface area contributed by atoms with Crippen molar-refractivity contribution in [1.82, 2.24) is 19.5 Å². The minimum Gasteiger partial charge on any atom is -0.477 e. The number of carboxylic acid groups (broad SMARTS) is 1. The van der Waals surface area contributed by atoms with Crippen LogP contribution in [-0.4, -0.2) is 30.6 Å². The van der Waals surface area contributed by atoms with Crippen LogP contribution in [0.25, 0.3) is 5.95 Å². The molecule has 0 saturated carbocycles. The molecule has 0 aromatic carbocycles. The zero-order chi connectivity index (χ0) is 13.4. The third-order valence-corrected chi connectivity index (χ3v) is 1.63. The Bertz CT molecular complexity index is 641. The van der Waals surface area contributed by atoms with Gasteiger partial charge in [0, 0.05) is 18.0 Å². The molecule has 2 aromatic heterocycles. The van der Waals surface area contributed by atoms with E-state index in [9.17, 15) is 4.79 Å². The molecule has 0 bridgehead atoms. The monoisotopic (exact) mass is 207 g/mol. The van der Waals surface area contributed by atoms with Crippen LogP contribution in [0.15, 0.2) is 24.7 Å². The minimum atomic E-state index is -1.23. The van der Waals surface area contributed by atoms with Crippen LogP contribution >= 0.6 is 0 Å². The van der Waals surface area contributed by atoms with Crippen LogP contribution in [0.1, 0.15) is 20.3 Å². The first-order valence-corrected chi connectivity index (χ1v) is 4.02. The van der Waals surface area contributed by atoms with E-state index in [0.717, 1.165) is 4.57 Å². The fourth-order valence-corrected chi connectivity index (χ4v) is 1.03. The Morgan fingerprint density at radius 3 is 3.00 bits per heavy atom. The lowest BCUT2D eigenvalue weighted by molar-refractivity contribution is 0.0690. The number of hydrogen-bond acceptors (Lipinski definition) is 4. The highest BCUT2D eigenvalue weighted by Gasteiger charge is 2.09. The van der Waals surface area contributed by atoms with E-state index in [0.29, 0.717) is 5.69 Å². The Morgan fingerprint density at radius 1 is 1.60 bits per heavy atom. The lowest BCUT2D eigenvalue weighted by atomic mass is 10.3. The summed E-state index contributed by atoms with van der Waals surface area (Å²) in [4.78, 5) is 22.0. The van der Waals surface area contributed by atoms with Crippen molar-refractivity contribution in [2.75, 3.05) is 0 Å². The Labute approximate surface area is 89.5 Å². The van der Waals surface area contributed by atoms with Crippen molar-refractivity contribution in [1.29, 1.82) is 0 Å². The van der Waals surface area contributed by atoms with Gasteiger partial charge in [-0.1, -0.05) is 0 Å². The summed E-state index contributed by atoms with van der Waals surface area (Å²) in [5.41, 5.74) is 0.146. The number of aryl methyl sites for hydroxylation is 1. The van der Waals surface area contributed by atoms with Crippen LogP contribution in [0, 0.1) is 6.92 Å². The molecule has 76 valence electrons. The van der Waals surface area contributed by atoms with Gasteiger partial charge in [0.25, 0.3) is 0 Å². The number of hydrogen-bond donors (Lipinski definition) is 1. The molecule has 0 atom stereocenters. The third kappa shape index (κ3) is 1.83. The van der Waals surface area contributed by atoms with E-state index in [1.807, 2.05) is 0 Å². The molecule has 0 aliphatic carbocycles.